The van der Waals surface area contributed by atoms with Gasteiger partial charge in [-0.3, -0.25) is 0 Å². The Morgan fingerprint density at radius 1 is 0.852 bits per heavy atom. The molecule has 1 aliphatic heterocycles. The smallest absolute Gasteiger partial charge is 0.408 e. The van der Waals surface area contributed by atoms with Crippen LogP contribution in [-0.4, -0.2) is 91.7 Å². The molecule has 1 aromatic rings. The number of carbonyl (C=O) groups is 2. The van der Waals surface area contributed by atoms with E-state index >= 15 is 0 Å². The summed E-state index contributed by atoms with van der Waals surface area (Å²) in [6.45, 7) is 27.5. The van der Waals surface area contributed by atoms with Crippen LogP contribution in [0.1, 0.15) is 95.1 Å². The maximum absolute atomic E-state index is 14.4. The molecule has 10 nitrogen and oxygen atoms in total. The van der Waals surface area contributed by atoms with E-state index in [9.17, 15) is 9.59 Å². The molecule has 1 aromatic carbocycles. The molecule has 0 saturated carbocycles. The molecule has 1 amide bonds. The molecule has 54 heavy (non-hydrogen) atoms. The summed E-state index contributed by atoms with van der Waals surface area (Å²) in [6.07, 6.45) is -3.29. The molecule has 2 rings (SSSR count). The molecular weight excluding hydrogens is 753 g/mol. The first-order chi connectivity index (χ1) is 25.4. The van der Waals surface area contributed by atoms with Crippen molar-refractivity contribution >= 4 is 48.8 Å². The molecule has 3 N–H and O–H groups in total. The largest absolute Gasteiger partial charge is 0.466 e. The molecule has 14 heteroatoms. The number of benzene rings is 1. The number of methoxy groups -OCH3 is 1. The van der Waals surface area contributed by atoms with E-state index in [1.54, 1.807) is 0 Å². The van der Waals surface area contributed by atoms with Gasteiger partial charge in [0.25, 0.3) is 0 Å². The molecule has 0 radical (unpaired) electrons. The predicted octanol–water partition coefficient (Wildman–Crippen LogP) is 9.77. The van der Waals surface area contributed by atoms with Gasteiger partial charge < -0.3 is 38.5 Å². The lowest BCUT2D eigenvalue weighted by Crippen LogP contribution is -2.70. The number of aryl methyl sites for hydroxylation is 1. The van der Waals surface area contributed by atoms with Gasteiger partial charge in [0.15, 0.2) is 25.0 Å². The molecule has 0 spiro atoms. The molecule has 312 valence electrons. The Labute approximate surface area is 335 Å². The van der Waals surface area contributed by atoms with Gasteiger partial charge in [-0.25, -0.2) is 9.59 Å². The first-order valence-electron chi connectivity index (χ1n) is 20.7. The van der Waals surface area contributed by atoms with E-state index in [1.807, 2.05) is 52.0 Å². The maximum Gasteiger partial charge on any atom is 0.408 e. The van der Waals surface area contributed by atoms with Gasteiger partial charge in [-0.1, -0.05) is 91.8 Å². The minimum atomic E-state index is -2.41. The van der Waals surface area contributed by atoms with Crippen molar-refractivity contribution in [3.05, 3.63) is 29.8 Å². The highest BCUT2D eigenvalue weighted by Gasteiger charge is 2.59. The second-order valence-electron chi connectivity index (χ2n) is 16.0. The van der Waals surface area contributed by atoms with E-state index in [4.69, 9.17) is 33.2 Å². The van der Waals surface area contributed by atoms with Crippen LogP contribution in [0.5, 0.6) is 0 Å². The number of thioether (sulfide) groups is 1. The Kier molecular flexibility index (Phi) is 19.5. The predicted molar refractivity (Wildman–Crippen MR) is 230 cm³/mol. The lowest BCUT2D eigenvalue weighted by Gasteiger charge is -2.53. The van der Waals surface area contributed by atoms with Crippen LogP contribution < -0.4 is 11.1 Å². The van der Waals surface area contributed by atoms with Crippen molar-refractivity contribution in [1.29, 1.82) is 0 Å². The van der Waals surface area contributed by atoms with Crippen LogP contribution in [-0.2, 0) is 32.3 Å². The third-order valence-corrected chi connectivity index (χ3v) is 27.2. The first-order valence-corrected chi connectivity index (χ1v) is 29.1. The number of amides is 1. The molecular formula is C40H76N2O8SSi3. The fraction of sp³-hybridized carbons (Fsp3) is 0.800. The molecule has 1 saturated heterocycles. The summed E-state index contributed by atoms with van der Waals surface area (Å²) < 4.78 is 41.1. The lowest BCUT2D eigenvalue weighted by atomic mass is 9.89. The first kappa shape index (κ1) is 48.9. The SMILES string of the molecule is CC[Si](CC)(CC)OC1CC(Sc2ccc(C)cc2)(C(=O)OC)OC([C@H](O[Si](CC)(CC)CC)[C@@H](CN)O[Si](CC)(CC)CC)C1NC(=O)OC(C)(C)C. The van der Waals surface area contributed by atoms with Gasteiger partial charge in [0, 0.05) is 17.9 Å². The van der Waals surface area contributed by atoms with Crippen molar-refractivity contribution in [2.45, 2.75) is 197 Å². The van der Waals surface area contributed by atoms with Crippen LogP contribution in [0.25, 0.3) is 0 Å². The second-order valence-corrected chi connectivity index (χ2v) is 31.5. The molecule has 1 heterocycles. The van der Waals surface area contributed by atoms with Crippen LogP contribution >= 0.6 is 11.8 Å². The molecule has 6 atom stereocenters. The maximum atomic E-state index is 14.4. The number of hydrogen-bond acceptors (Lipinski definition) is 10. The van der Waals surface area contributed by atoms with Gasteiger partial charge in [-0.15, -0.1) is 0 Å². The number of hydrogen-bond donors (Lipinski definition) is 2. The van der Waals surface area contributed by atoms with E-state index in [0.717, 1.165) is 64.9 Å². The van der Waals surface area contributed by atoms with E-state index in [-0.39, 0.29) is 13.0 Å². The third-order valence-electron chi connectivity index (χ3n) is 11.9. The number of nitrogens with one attached hydrogen (secondary N) is 1. The number of rotatable bonds is 22. The zero-order valence-corrected chi connectivity index (χ0v) is 40.0. The van der Waals surface area contributed by atoms with E-state index in [0.29, 0.717) is 0 Å². The van der Waals surface area contributed by atoms with E-state index in [2.05, 4.69) is 67.6 Å². The Morgan fingerprint density at radius 3 is 1.76 bits per heavy atom. The minimum Gasteiger partial charge on any atom is -0.466 e. The molecule has 4 unspecified atom stereocenters. The Bertz CT molecular complexity index is 1270. The lowest BCUT2D eigenvalue weighted by molar-refractivity contribution is -0.199. The fourth-order valence-corrected chi connectivity index (χ4v) is 17.5. The Morgan fingerprint density at radius 2 is 1.33 bits per heavy atom. The van der Waals surface area contributed by atoms with Gasteiger partial charge in [0.2, 0.25) is 4.93 Å². The van der Waals surface area contributed by atoms with Crippen LogP contribution in [0.4, 0.5) is 4.79 Å². The summed E-state index contributed by atoms with van der Waals surface area (Å²) in [5, 5.41) is 3.24. The van der Waals surface area contributed by atoms with Gasteiger partial charge in [0.1, 0.15) is 11.7 Å². The van der Waals surface area contributed by atoms with E-state index in [1.165, 1.54) is 18.9 Å². The molecule has 0 bridgehead atoms. The second kappa shape index (κ2) is 21.5. The van der Waals surface area contributed by atoms with Crippen molar-refractivity contribution < 1.29 is 37.1 Å². The summed E-state index contributed by atoms with van der Waals surface area (Å²) in [7, 11) is -5.63. The van der Waals surface area contributed by atoms with Crippen molar-refractivity contribution in [3.63, 3.8) is 0 Å². The zero-order valence-electron chi connectivity index (χ0n) is 36.2. The van der Waals surface area contributed by atoms with Crippen molar-refractivity contribution in [2.24, 2.45) is 5.73 Å². The molecule has 1 fully saturated rings. The average Bonchev–Trinajstić information content (AvgIpc) is 3.16. The number of alkyl carbamates (subject to hydrolysis) is 1. The summed E-state index contributed by atoms with van der Waals surface area (Å²) in [5.74, 6) is -0.521. The molecule has 1 aliphatic rings. The van der Waals surface area contributed by atoms with E-state index < -0.39 is 78.0 Å². The summed E-state index contributed by atoms with van der Waals surface area (Å²) in [4.78, 5) is 27.7. The van der Waals surface area contributed by atoms with Gasteiger partial charge >= 0.3 is 12.1 Å². The van der Waals surface area contributed by atoms with Crippen LogP contribution in [0.3, 0.4) is 0 Å². The zero-order chi connectivity index (χ0) is 41.0. The standard InChI is InChI=1S/C40H76N2O8SSi3/c1-15-52(16-2,17-3)48-32-28-40(37(43)45-14,51-31-26-24-30(10)25-27-31)46-36(34(32)42-38(44)47-39(11,12)13)35(50-54(21-7,22-8)23-9)33(29-41)49-53(18-4,19-5)20-6/h24-27,32-36H,15-23,28-29,41H2,1-14H3,(H,42,44)/t32?,33-,34?,35-,36?,40?/m1/s1. The quantitative estimate of drug-likeness (QED) is 0.0862. The topological polar surface area (TPSA) is 128 Å². The van der Waals surface area contributed by atoms with Crippen LogP contribution in [0, 0.1) is 6.92 Å². The fourth-order valence-electron chi connectivity index (χ4n) is 7.68. The van der Waals surface area contributed by atoms with Crippen LogP contribution in [0.2, 0.25) is 54.4 Å². The van der Waals surface area contributed by atoms with Gasteiger partial charge in [-0.2, -0.15) is 0 Å². The number of carbonyl (C=O) groups excluding carboxylic acids is 2. The van der Waals surface area contributed by atoms with Crippen molar-refractivity contribution in [2.75, 3.05) is 13.7 Å². The van der Waals surface area contributed by atoms with Crippen molar-refractivity contribution in [3.8, 4) is 0 Å². The highest BCUT2D eigenvalue weighted by atomic mass is 32.2. The number of esters is 1. The van der Waals surface area contributed by atoms with Gasteiger partial charge in [-0.05, 0) is 94.2 Å². The van der Waals surface area contributed by atoms with Crippen LogP contribution in [0.15, 0.2) is 29.2 Å². The summed E-state index contributed by atoms with van der Waals surface area (Å²) in [6, 6.07) is 15.3. The molecule has 0 aromatic heterocycles. The summed E-state index contributed by atoms with van der Waals surface area (Å²) >= 11 is 1.33. The number of nitrogens with two attached hydrogens (primary N) is 1. The average molecular weight is 829 g/mol. The normalized spacial score (nSPS) is 22.4. The number of ether oxygens (including phenoxy) is 3. The third kappa shape index (κ3) is 12.4. The highest BCUT2D eigenvalue weighted by Crippen LogP contribution is 2.48. The van der Waals surface area contributed by atoms with Gasteiger partial charge in [0.05, 0.1) is 31.5 Å². The summed E-state index contributed by atoms with van der Waals surface area (Å²) in [5.41, 5.74) is 7.12. The monoisotopic (exact) mass is 828 g/mol. The highest BCUT2D eigenvalue weighted by molar-refractivity contribution is 8.01. The molecule has 0 aliphatic carbocycles. The van der Waals surface area contributed by atoms with Crippen molar-refractivity contribution in [1.82, 2.24) is 5.32 Å². The Balaban J connectivity index is 3.09. The Hall–Kier alpha value is -1.24. The minimum absolute atomic E-state index is 0.139.